The van der Waals surface area contributed by atoms with Crippen LogP contribution >= 0.6 is 0 Å². The Morgan fingerprint density at radius 3 is 2.74 bits per heavy atom. The summed E-state index contributed by atoms with van der Waals surface area (Å²) in [5.74, 6) is 0. The second kappa shape index (κ2) is 5.68. The smallest absolute Gasteiger partial charge is 0.243 e. The lowest BCUT2D eigenvalue weighted by molar-refractivity contribution is 0.0391. The Labute approximate surface area is 112 Å². The summed E-state index contributed by atoms with van der Waals surface area (Å²) in [5, 5.41) is 11.4. The van der Waals surface area contributed by atoms with Gasteiger partial charge >= 0.3 is 0 Å². The van der Waals surface area contributed by atoms with Gasteiger partial charge in [-0.05, 0) is 19.1 Å². The normalized spacial score (nSPS) is 21.8. The van der Waals surface area contributed by atoms with Crippen LogP contribution in [0.2, 0.25) is 0 Å². The van der Waals surface area contributed by atoms with Gasteiger partial charge in [0.25, 0.3) is 0 Å². The highest BCUT2D eigenvalue weighted by Gasteiger charge is 2.30. The monoisotopic (exact) mass is 284 g/mol. The van der Waals surface area contributed by atoms with Gasteiger partial charge in [-0.25, -0.2) is 8.42 Å². The molecule has 0 unspecified atom stereocenters. The van der Waals surface area contributed by atoms with E-state index in [-0.39, 0.29) is 18.0 Å². The Balaban J connectivity index is 2.21. The minimum Gasteiger partial charge on any atom is -0.411 e. The number of morpholine rings is 1. The first-order valence-corrected chi connectivity index (χ1v) is 7.34. The van der Waals surface area contributed by atoms with E-state index in [1.54, 1.807) is 24.3 Å². The summed E-state index contributed by atoms with van der Waals surface area (Å²) in [5.41, 5.74) is 1.01. The third-order valence-corrected chi connectivity index (χ3v) is 4.83. The summed E-state index contributed by atoms with van der Waals surface area (Å²) in [6.45, 7) is 2.63. The van der Waals surface area contributed by atoms with Crippen molar-refractivity contribution in [1.29, 1.82) is 0 Å². The van der Waals surface area contributed by atoms with Gasteiger partial charge in [-0.15, -0.1) is 0 Å². The summed E-state index contributed by atoms with van der Waals surface area (Å²) in [6, 6.07) is 6.71. The molecule has 19 heavy (non-hydrogen) atoms. The van der Waals surface area contributed by atoms with E-state index in [2.05, 4.69) is 5.16 Å². The van der Waals surface area contributed by atoms with Crippen molar-refractivity contribution in [2.24, 2.45) is 5.16 Å². The van der Waals surface area contributed by atoms with Crippen LogP contribution in [0.5, 0.6) is 0 Å². The molecule has 0 bridgehead atoms. The fraction of sp³-hybridized carbons (Fsp3) is 0.417. The zero-order chi connectivity index (χ0) is 13.9. The number of sulfonamides is 1. The van der Waals surface area contributed by atoms with Crippen molar-refractivity contribution >= 4 is 16.2 Å². The molecule has 0 amide bonds. The first kappa shape index (κ1) is 14.0. The van der Waals surface area contributed by atoms with E-state index in [0.29, 0.717) is 6.54 Å². The lowest BCUT2D eigenvalue weighted by Crippen LogP contribution is -2.46. The van der Waals surface area contributed by atoms with E-state index >= 15 is 0 Å². The second-order valence-electron chi connectivity index (χ2n) is 4.35. The van der Waals surface area contributed by atoms with Crippen molar-refractivity contribution in [2.45, 2.75) is 17.9 Å². The van der Waals surface area contributed by atoms with Crippen LogP contribution in [0.4, 0.5) is 0 Å². The van der Waals surface area contributed by atoms with E-state index in [1.165, 1.54) is 10.5 Å². The molecule has 1 saturated heterocycles. The Hall–Kier alpha value is -1.44. The Kier molecular flexibility index (Phi) is 4.18. The van der Waals surface area contributed by atoms with Gasteiger partial charge in [0.2, 0.25) is 10.0 Å². The highest BCUT2D eigenvalue weighted by molar-refractivity contribution is 7.89. The predicted octanol–water partition coefficient (Wildman–Crippen LogP) is 0.845. The molecule has 0 aromatic heterocycles. The van der Waals surface area contributed by atoms with Gasteiger partial charge in [-0.1, -0.05) is 22.9 Å². The molecule has 0 aliphatic carbocycles. The predicted molar refractivity (Wildman–Crippen MR) is 70.0 cm³/mol. The largest absolute Gasteiger partial charge is 0.411 e. The quantitative estimate of drug-likeness (QED) is 0.507. The van der Waals surface area contributed by atoms with Gasteiger partial charge in [0.05, 0.1) is 17.7 Å². The molecule has 1 heterocycles. The van der Waals surface area contributed by atoms with E-state index in [1.807, 2.05) is 6.92 Å². The molecule has 0 spiro atoms. The Bertz CT molecular complexity index is 554. The zero-order valence-electron chi connectivity index (χ0n) is 10.6. The molecular weight excluding hydrogens is 268 g/mol. The number of benzene rings is 1. The lowest BCUT2D eigenvalue weighted by Gasteiger charge is -2.30. The summed E-state index contributed by atoms with van der Waals surface area (Å²) in [7, 11) is -3.52. The molecule has 1 aromatic rings. The number of rotatable bonds is 3. The molecule has 6 nitrogen and oxygen atoms in total. The fourth-order valence-corrected chi connectivity index (χ4v) is 3.33. The summed E-state index contributed by atoms with van der Waals surface area (Å²) in [4.78, 5) is 0.264. The molecular formula is C12H16N2O4S. The van der Waals surface area contributed by atoms with Crippen LogP contribution in [0.15, 0.2) is 34.3 Å². The number of oxime groups is 1. The van der Waals surface area contributed by atoms with Crippen molar-refractivity contribution in [3.8, 4) is 0 Å². The molecule has 2 rings (SSSR count). The highest BCUT2D eigenvalue weighted by atomic mass is 32.2. The van der Waals surface area contributed by atoms with Gasteiger partial charge in [-0.3, -0.25) is 0 Å². The number of nitrogens with zero attached hydrogens (tertiary/aromatic N) is 2. The molecule has 1 atom stereocenters. The van der Waals surface area contributed by atoms with Crippen molar-refractivity contribution in [3.63, 3.8) is 0 Å². The van der Waals surface area contributed by atoms with Gasteiger partial charge in [-0.2, -0.15) is 4.31 Å². The second-order valence-corrected chi connectivity index (χ2v) is 6.29. The average Bonchev–Trinajstić information content (AvgIpc) is 2.40. The topological polar surface area (TPSA) is 79.2 Å². The standard InChI is InChI=1S/C12H16N2O4S/c1-10-2-4-12(5-3-10)19(16,17)14-6-7-18-11(9-14)8-13-15/h2-5,8,11,15H,6-7,9H2,1H3/b13-8+/t11-/m0/s1. The van der Waals surface area contributed by atoms with E-state index in [4.69, 9.17) is 9.94 Å². The molecule has 1 fully saturated rings. The van der Waals surface area contributed by atoms with Crippen LogP contribution in [0, 0.1) is 6.92 Å². The molecule has 104 valence electrons. The van der Waals surface area contributed by atoms with Crippen molar-refractivity contribution in [3.05, 3.63) is 29.8 Å². The summed E-state index contributed by atoms with van der Waals surface area (Å²) >= 11 is 0. The number of aryl methyl sites for hydroxylation is 1. The van der Waals surface area contributed by atoms with Crippen LogP contribution in [0.3, 0.4) is 0 Å². The average molecular weight is 284 g/mol. The zero-order valence-corrected chi connectivity index (χ0v) is 11.4. The fourth-order valence-electron chi connectivity index (χ4n) is 1.89. The van der Waals surface area contributed by atoms with Crippen LogP contribution in [0.25, 0.3) is 0 Å². The van der Waals surface area contributed by atoms with Gasteiger partial charge in [0.1, 0.15) is 6.10 Å². The van der Waals surface area contributed by atoms with Crippen LogP contribution in [-0.2, 0) is 14.8 Å². The molecule has 1 N–H and O–H groups in total. The molecule has 1 aromatic carbocycles. The first-order valence-electron chi connectivity index (χ1n) is 5.90. The molecule has 0 saturated carbocycles. The third-order valence-electron chi connectivity index (χ3n) is 2.95. The Morgan fingerprint density at radius 1 is 1.42 bits per heavy atom. The molecule has 0 radical (unpaired) electrons. The molecule has 7 heteroatoms. The van der Waals surface area contributed by atoms with Crippen molar-refractivity contribution in [1.82, 2.24) is 4.31 Å². The lowest BCUT2D eigenvalue weighted by atomic mass is 10.2. The number of hydrogen-bond acceptors (Lipinski definition) is 5. The summed E-state index contributed by atoms with van der Waals surface area (Å²) < 4.78 is 31.4. The SMILES string of the molecule is Cc1ccc(S(=O)(=O)N2CCO[C@@H](/C=N/O)C2)cc1. The van der Waals surface area contributed by atoms with Crippen molar-refractivity contribution in [2.75, 3.05) is 19.7 Å². The van der Waals surface area contributed by atoms with E-state index in [9.17, 15) is 8.42 Å². The van der Waals surface area contributed by atoms with E-state index in [0.717, 1.165) is 5.56 Å². The van der Waals surface area contributed by atoms with Crippen molar-refractivity contribution < 1.29 is 18.4 Å². The van der Waals surface area contributed by atoms with Crippen LogP contribution < -0.4 is 0 Å². The Morgan fingerprint density at radius 2 is 2.11 bits per heavy atom. The first-order chi connectivity index (χ1) is 9.04. The third kappa shape index (κ3) is 3.12. The number of ether oxygens (including phenoxy) is 1. The maximum absolute atomic E-state index is 12.4. The van der Waals surface area contributed by atoms with Gasteiger partial charge in [0, 0.05) is 13.1 Å². The van der Waals surface area contributed by atoms with Crippen LogP contribution in [0.1, 0.15) is 5.56 Å². The van der Waals surface area contributed by atoms with E-state index < -0.39 is 16.1 Å². The van der Waals surface area contributed by atoms with Gasteiger partial charge in [0.15, 0.2) is 0 Å². The van der Waals surface area contributed by atoms with Gasteiger partial charge < -0.3 is 9.94 Å². The summed E-state index contributed by atoms with van der Waals surface area (Å²) in [6.07, 6.45) is 0.676. The molecule has 1 aliphatic heterocycles. The van der Waals surface area contributed by atoms with Crippen LogP contribution in [-0.4, -0.2) is 49.9 Å². The minimum atomic E-state index is -3.52. The molecule has 1 aliphatic rings. The highest BCUT2D eigenvalue weighted by Crippen LogP contribution is 2.18. The number of hydrogen-bond donors (Lipinski definition) is 1. The maximum atomic E-state index is 12.4. The minimum absolute atomic E-state index is 0.153. The maximum Gasteiger partial charge on any atom is 0.243 e.